The van der Waals surface area contributed by atoms with Crippen molar-refractivity contribution in [3.63, 3.8) is 0 Å². The molecule has 0 aliphatic rings. The van der Waals surface area contributed by atoms with E-state index >= 15 is 0 Å². The zero-order valence-electron chi connectivity index (χ0n) is 14.7. The smallest absolute Gasteiger partial charge is 0.232 e. The minimum atomic E-state index is -0.369. The Morgan fingerprint density at radius 1 is 1.16 bits per heavy atom. The van der Waals surface area contributed by atoms with E-state index < -0.39 is 0 Å². The first kappa shape index (κ1) is 18.5. The number of nitrogens with one attached hydrogen (secondary N) is 1. The molecule has 2 aromatic rings. The fourth-order valence-corrected chi connectivity index (χ4v) is 2.47. The Morgan fingerprint density at radius 3 is 2.48 bits per heavy atom. The molecule has 25 heavy (non-hydrogen) atoms. The van der Waals surface area contributed by atoms with Crippen LogP contribution in [-0.2, 0) is 9.59 Å². The third kappa shape index (κ3) is 5.31. The number of phenols is 1. The highest BCUT2D eigenvalue weighted by Crippen LogP contribution is 2.31. The lowest BCUT2D eigenvalue weighted by Crippen LogP contribution is -2.16. The van der Waals surface area contributed by atoms with Gasteiger partial charge < -0.3 is 10.4 Å². The number of anilines is 1. The van der Waals surface area contributed by atoms with Gasteiger partial charge in [-0.15, -0.1) is 0 Å². The van der Waals surface area contributed by atoms with E-state index in [4.69, 9.17) is 0 Å². The second kappa shape index (κ2) is 8.29. The Morgan fingerprint density at radius 2 is 1.84 bits per heavy atom. The summed E-state index contributed by atoms with van der Waals surface area (Å²) in [6.07, 6.45) is 2.89. The molecule has 2 aromatic carbocycles. The Hall–Kier alpha value is -2.88. The number of hydrogen-bond acceptors (Lipinski definition) is 3. The zero-order chi connectivity index (χ0) is 18.4. The van der Waals surface area contributed by atoms with Gasteiger partial charge in [0, 0.05) is 5.69 Å². The summed E-state index contributed by atoms with van der Waals surface area (Å²) in [6, 6.07) is 12.8. The molecule has 0 bridgehead atoms. The van der Waals surface area contributed by atoms with Crippen LogP contribution >= 0.6 is 0 Å². The van der Waals surface area contributed by atoms with Crippen molar-refractivity contribution in [2.24, 2.45) is 0 Å². The standard InChI is InChI=1S/C21H23NO3/c1-14(2)18-13-19(15(3)11-20(18)24)22-21(25)12-17(23)10-9-16-7-5-4-6-8-16/h4-11,13-14,24H,12H2,1-3H3,(H,22,25)/b10-9+. The van der Waals surface area contributed by atoms with Crippen LogP contribution in [0.25, 0.3) is 6.08 Å². The van der Waals surface area contributed by atoms with Crippen LogP contribution in [0.2, 0.25) is 0 Å². The normalized spacial score (nSPS) is 11.0. The topological polar surface area (TPSA) is 66.4 Å². The summed E-state index contributed by atoms with van der Waals surface area (Å²) in [5.74, 6) is -0.285. The molecule has 130 valence electrons. The van der Waals surface area contributed by atoms with E-state index in [1.54, 1.807) is 25.1 Å². The van der Waals surface area contributed by atoms with E-state index in [0.717, 1.165) is 16.7 Å². The lowest BCUT2D eigenvalue weighted by molar-refractivity contribution is -0.122. The van der Waals surface area contributed by atoms with E-state index in [2.05, 4.69) is 5.32 Å². The van der Waals surface area contributed by atoms with E-state index in [9.17, 15) is 14.7 Å². The van der Waals surface area contributed by atoms with Crippen LogP contribution in [0.3, 0.4) is 0 Å². The molecule has 0 heterocycles. The fraction of sp³-hybridized carbons (Fsp3) is 0.238. The molecule has 0 aromatic heterocycles. The number of aryl methyl sites for hydroxylation is 1. The SMILES string of the molecule is Cc1cc(O)c(C(C)C)cc1NC(=O)CC(=O)/C=C/c1ccccc1. The third-order valence-electron chi connectivity index (χ3n) is 3.87. The molecule has 0 unspecified atom stereocenters. The first-order chi connectivity index (χ1) is 11.9. The Kier molecular flexibility index (Phi) is 6.12. The maximum atomic E-state index is 12.1. The van der Waals surface area contributed by atoms with Crippen molar-refractivity contribution < 1.29 is 14.7 Å². The highest BCUT2D eigenvalue weighted by Gasteiger charge is 2.13. The molecule has 0 fully saturated rings. The minimum Gasteiger partial charge on any atom is -0.508 e. The molecule has 4 nitrogen and oxygen atoms in total. The predicted octanol–water partition coefficient (Wildman–Crippen LogP) is 4.44. The van der Waals surface area contributed by atoms with Crippen LogP contribution in [0, 0.1) is 6.92 Å². The lowest BCUT2D eigenvalue weighted by Gasteiger charge is -2.14. The monoisotopic (exact) mass is 337 g/mol. The van der Waals surface area contributed by atoms with Crippen molar-refractivity contribution in [1.82, 2.24) is 0 Å². The van der Waals surface area contributed by atoms with Crippen LogP contribution in [0.5, 0.6) is 5.75 Å². The van der Waals surface area contributed by atoms with E-state index in [0.29, 0.717) is 5.69 Å². The molecule has 2 rings (SSSR count). The Balaban J connectivity index is 2.01. The molecule has 0 saturated carbocycles. The second-order valence-corrected chi connectivity index (χ2v) is 6.32. The van der Waals surface area contributed by atoms with Crippen LogP contribution < -0.4 is 5.32 Å². The molecule has 0 aliphatic carbocycles. The summed E-state index contributed by atoms with van der Waals surface area (Å²) < 4.78 is 0. The van der Waals surface area contributed by atoms with Crippen molar-refractivity contribution in [3.8, 4) is 5.75 Å². The first-order valence-corrected chi connectivity index (χ1v) is 8.26. The number of hydrogen-bond donors (Lipinski definition) is 2. The van der Waals surface area contributed by atoms with Gasteiger partial charge in [0.25, 0.3) is 0 Å². The quantitative estimate of drug-likeness (QED) is 0.465. The Labute approximate surface area is 148 Å². The van der Waals surface area contributed by atoms with Crippen molar-refractivity contribution in [2.45, 2.75) is 33.1 Å². The average Bonchev–Trinajstić information content (AvgIpc) is 2.56. The molecular formula is C21H23NO3. The summed E-state index contributed by atoms with van der Waals surface area (Å²) >= 11 is 0. The predicted molar refractivity (Wildman–Crippen MR) is 101 cm³/mol. The number of benzene rings is 2. The van der Waals surface area contributed by atoms with Crippen molar-refractivity contribution >= 4 is 23.5 Å². The number of allylic oxidation sites excluding steroid dienone is 1. The van der Waals surface area contributed by atoms with Gasteiger partial charge in [0.05, 0.1) is 6.42 Å². The van der Waals surface area contributed by atoms with Gasteiger partial charge >= 0.3 is 0 Å². The number of aromatic hydroxyl groups is 1. The summed E-state index contributed by atoms with van der Waals surface area (Å²) in [5.41, 5.74) is 3.04. The number of ketones is 1. The van der Waals surface area contributed by atoms with Gasteiger partial charge in [-0.05, 0) is 47.7 Å². The maximum absolute atomic E-state index is 12.1. The van der Waals surface area contributed by atoms with Gasteiger partial charge in [0.15, 0.2) is 5.78 Å². The minimum absolute atomic E-state index is 0.131. The highest BCUT2D eigenvalue weighted by molar-refractivity contribution is 6.09. The van der Waals surface area contributed by atoms with Crippen LogP contribution in [0.4, 0.5) is 5.69 Å². The molecular weight excluding hydrogens is 314 g/mol. The van der Waals surface area contributed by atoms with Gasteiger partial charge in [-0.2, -0.15) is 0 Å². The fourth-order valence-electron chi connectivity index (χ4n) is 2.47. The van der Waals surface area contributed by atoms with Gasteiger partial charge in [-0.25, -0.2) is 0 Å². The number of phenolic OH excluding ortho intramolecular Hbond substituents is 1. The molecule has 0 saturated heterocycles. The average molecular weight is 337 g/mol. The molecule has 4 heteroatoms. The number of carbonyl (C=O) groups excluding carboxylic acids is 2. The molecule has 2 N–H and O–H groups in total. The first-order valence-electron chi connectivity index (χ1n) is 8.26. The maximum Gasteiger partial charge on any atom is 0.232 e. The number of rotatable bonds is 6. The van der Waals surface area contributed by atoms with Crippen molar-refractivity contribution in [3.05, 3.63) is 65.2 Å². The number of amides is 1. The van der Waals surface area contributed by atoms with Gasteiger partial charge in [-0.1, -0.05) is 50.3 Å². The van der Waals surface area contributed by atoms with Crippen molar-refractivity contribution in [2.75, 3.05) is 5.32 Å². The van der Waals surface area contributed by atoms with Crippen LogP contribution in [0.15, 0.2) is 48.5 Å². The van der Waals surface area contributed by atoms with Crippen LogP contribution in [0.1, 0.15) is 42.9 Å². The molecule has 0 atom stereocenters. The van der Waals surface area contributed by atoms with Gasteiger partial charge in [-0.3, -0.25) is 9.59 Å². The second-order valence-electron chi connectivity index (χ2n) is 6.32. The summed E-state index contributed by atoms with van der Waals surface area (Å²) in [6.45, 7) is 5.73. The number of carbonyl (C=O) groups is 2. The van der Waals surface area contributed by atoms with E-state index in [-0.39, 0.29) is 29.8 Å². The van der Waals surface area contributed by atoms with E-state index in [1.165, 1.54) is 6.08 Å². The zero-order valence-corrected chi connectivity index (χ0v) is 14.7. The molecule has 1 amide bonds. The van der Waals surface area contributed by atoms with Gasteiger partial charge in [0.1, 0.15) is 5.75 Å². The van der Waals surface area contributed by atoms with Crippen LogP contribution in [-0.4, -0.2) is 16.8 Å². The molecule has 0 radical (unpaired) electrons. The summed E-state index contributed by atoms with van der Waals surface area (Å²) in [4.78, 5) is 24.1. The Bertz CT molecular complexity index is 792. The third-order valence-corrected chi connectivity index (χ3v) is 3.87. The van der Waals surface area contributed by atoms with Gasteiger partial charge in [0.2, 0.25) is 5.91 Å². The van der Waals surface area contributed by atoms with Crippen molar-refractivity contribution in [1.29, 1.82) is 0 Å². The largest absolute Gasteiger partial charge is 0.508 e. The molecule has 0 aliphatic heterocycles. The summed E-state index contributed by atoms with van der Waals surface area (Å²) in [7, 11) is 0. The van der Waals surface area contributed by atoms with E-state index in [1.807, 2.05) is 44.2 Å². The summed E-state index contributed by atoms with van der Waals surface area (Å²) in [5, 5.41) is 12.7. The highest BCUT2D eigenvalue weighted by atomic mass is 16.3. The lowest BCUT2D eigenvalue weighted by atomic mass is 9.99. The molecule has 0 spiro atoms.